The van der Waals surface area contributed by atoms with Crippen LogP contribution in [0.1, 0.15) is 0 Å². The first kappa shape index (κ1) is 13.1. The fourth-order valence-electron chi connectivity index (χ4n) is 1.08. The van der Waals surface area contributed by atoms with Crippen molar-refractivity contribution in [2.75, 3.05) is 24.2 Å². The first-order valence-corrected chi connectivity index (χ1v) is 6.46. The van der Waals surface area contributed by atoms with Gasteiger partial charge in [-0.25, -0.2) is 8.42 Å². The van der Waals surface area contributed by atoms with Crippen LogP contribution in [0.25, 0.3) is 0 Å². The largest absolute Gasteiger partial charge is 0.495 e. The van der Waals surface area contributed by atoms with E-state index in [1.165, 1.54) is 19.2 Å². The Bertz CT molecular complexity index is 461. The Morgan fingerprint density at radius 1 is 1.50 bits per heavy atom. The van der Waals surface area contributed by atoms with Crippen LogP contribution in [0.4, 0.5) is 5.69 Å². The Hall–Kier alpha value is -0.980. The molecule has 0 unspecified atom stereocenters. The number of hydrogen-bond acceptors (Lipinski definition) is 4. The second-order valence-corrected chi connectivity index (χ2v) is 5.24. The van der Waals surface area contributed by atoms with Gasteiger partial charge in [0.25, 0.3) is 0 Å². The third-order valence-corrected chi connectivity index (χ3v) is 3.35. The molecule has 1 aromatic rings. The molecule has 0 aromatic heterocycles. The summed E-state index contributed by atoms with van der Waals surface area (Å²) in [7, 11) is -2.05. The predicted molar refractivity (Wildman–Crippen MR) is 62.5 cm³/mol. The van der Waals surface area contributed by atoms with Crippen molar-refractivity contribution in [1.29, 1.82) is 0 Å². The summed E-state index contributed by atoms with van der Waals surface area (Å²) < 4.78 is 29.9. The number of nitrogens with one attached hydrogen (secondary N) is 1. The average molecular weight is 266 g/mol. The fourth-order valence-corrected chi connectivity index (χ4v) is 2.17. The van der Waals surface area contributed by atoms with Gasteiger partial charge < -0.3 is 9.84 Å². The molecule has 1 rings (SSSR count). The highest BCUT2D eigenvalue weighted by Gasteiger charge is 2.10. The Morgan fingerprint density at radius 2 is 2.19 bits per heavy atom. The highest BCUT2D eigenvalue weighted by Crippen LogP contribution is 2.27. The second-order valence-electron chi connectivity index (χ2n) is 2.99. The lowest BCUT2D eigenvalue weighted by atomic mass is 10.3. The van der Waals surface area contributed by atoms with E-state index < -0.39 is 16.6 Å². The van der Waals surface area contributed by atoms with Gasteiger partial charge in [-0.3, -0.25) is 4.72 Å². The van der Waals surface area contributed by atoms with E-state index in [1.807, 2.05) is 0 Å². The number of ether oxygens (including phenoxy) is 1. The normalized spacial score (nSPS) is 11.2. The Morgan fingerprint density at radius 3 is 2.69 bits per heavy atom. The summed E-state index contributed by atoms with van der Waals surface area (Å²) in [6, 6.07) is 4.52. The molecule has 0 heterocycles. The van der Waals surface area contributed by atoms with Crippen LogP contribution in [0.3, 0.4) is 0 Å². The monoisotopic (exact) mass is 265 g/mol. The van der Waals surface area contributed by atoms with Crippen molar-refractivity contribution in [3.8, 4) is 5.75 Å². The van der Waals surface area contributed by atoms with Gasteiger partial charge in [0.2, 0.25) is 10.0 Å². The van der Waals surface area contributed by atoms with Gasteiger partial charge in [0, 0.05) is 0 Å². The number of aliphatic hydroxyl groups is 1. The van der Waals surface area contributed by atoms with Crippen molar-refractivity contribution in [1.82, 2.24) is 0 Å². The van der Waals surface area contributed by atoms with Crippen LogP contribution in [0.15, 0.2) is 18.2 Å². The first-order valence-electron chi connectivity index (χ1n) is 4.43. The summed E-state index contributed by atoms with van der Waals surface area (Å²) >= 11 is 5.83. The lowest BCUT2D eigenvalue weighted by Crippen LogP contribution is -2.18. The molecule has 0 saturated heterocycles. The number of anilines is 1. The highest BCUT2D eigenvalue weighted by atomic mass is 35.5. The molecule has 2 N–H and O–H groups in total. The topological polar surface area (TPSA) is 75.6 Å². The lowest BCUT2D eigenvalue weighted by molar-refractivity contribution is 0.320. The minimum Gasteiger partial charge on any atom is -0.495 e. The molecular weight excluding hydrogens is 254 g/mol. The minimum absolute atomic E-state index is 0.312. The predicted octanol–water partition coefficient (Wildman–Crippen LogP) is 1.08. The molecule has 0 amide bonds. The Labute approximate surface area is 99.0 Å². The fraction of sp³-hybridized carbons (Fsp3) is 0.333. The van der Waals surface area contributed by atoms with Crippen LogP contribution in [0.2, 0.25) is 5.02 Å². The molecule has 7 heteroatoms. The number of hydrogen-bond donors (Lipinski definition) is 2. The summed E-state index contributed by atoms with van der Waals surface area (Å²) in [5.74, 6) is 0.114. The number of sulfonamides is 1. The molecular formula is C9H12ClNO4S. The molecule has 5 nitrogen and oxygen atoms in total. The van der Waals surface area contributed by atoms with Crippen LogP contribution in [-0.2, 0) is 10.0 Å². The summed E-state index contributed by atoms with van der Waals surface area (Å²) in [6.07, 6.45) is 0. The molecule has 0 atom stereocenters. The van der Waals surface area contributed by atoms with E-state index in [0.29, 0.717) is 16.5 Å². The number of halogens is 1. The van der Waals surface area contributed by atoms with E-state index in [1.54, 1.807) is 6.07 Å². The van der Waals surface area contributed by atoms with Gasteiger partial charge in [-0.15, -0.1) is 0 Å². The number of aliphatic hydroxyl groups excluding tert-OH is 1. The zero-order valence-electron chi connectivity index (χ0n) is 8.60. The molecule has 0 saturated carbocycles. The maximum Gasteiger partial charge on any atom is 0.234 e. The van der Waals surface area contributed by atoms with Crippen molar-refractivity contribution >= 4 is 27.3 Å². The van der Waals surface area contributed by atoms with Crippen LogP contribution in [-0.4, -0.2) is 33.0 Å². The van der Waals surface area contributed by atoms with Crippen LogP contribution < -0.4 is 9.46 Å². The van der Waals surface area contributed by atoms with E-state index in [-0.39, 0.29) is 5.75 Å². The molecule has 0 aliphatic heterocycles. The van der Waals surface area contributed by atoms with Gasteiger partial charge in [0.1, 0.15) is 5.75 Å². The summed E-state index contributed by atoms with van der Waals surface area (Å²) in [4.78, 5) is 0. The molecule has 0 aliphatic carbocycles. The average Bonchev–Trinajstić information content (AvgIpc) is 2.17. The molecule has 90 valence electrons. The third kappa shape index (κ3) is 3.55. The first-order chi connectivity index (χ1) is 7.48. The molecule has 0 fully saturated rings. The SMILES string of the molecule is COc1ccc(NS(=O)(=O)CCO)cc1Cl. The Balaban J connectivity index is 2.87. The molecule has 0 radical (unpaired) electrons. The number of methoxy groups -OCH3 is 1. The number of rotatable bonds is 5. The Kier molecular flexibility index (Phi) is 4.40. The second kappa shape index (κ2) is 5.38. The summed E-state index contributed by atoms with van der Waals surface area (Å²) in [5, 5.41) is 8.86. The maximum atomic E-state index is 11.3. The van der Waals surface area contributed by atoms with Gasteiger partial charge >= 0.3 is 0 Å². The van der Waals surface area contributed by atoms with E-state index in [9.17, 15) is 8.42 Å². The van der Waals surface area contributed by atoms with E-state index >= 15 is 0 Å². The van der Waals surface area contributed by atoms with Gasteiger partial charge in [0.05, 0.1) is 30.2 Å². The molecule has 0 spiro atoms. The van der Waals surface area contributed by atoms with Crippen LogP contribution in [0.5, 0.6) is 5.75 Å². The summed E-state index contributed by atoms with van der Waals surface area (Å²) in [5.41, 5.74) is 0.333. The van der Waals surface area contributed by atoms with Crippen LogP contribution in [0, 0.1) is 0 Å². The maximum absolute atomic E-state index is 11.3. The van der Waals surface area contributed by atoms with E-state index in [4.69, 9.17) is 21.4 Å². The molecule has 0 bridgehead atoms. The lowest BCUT2D eigenvalue weighted by Gasteiger charge is -2.08. The van der Waals surface area contributed by atoms with Crippen molar-refractivity contribution < 1.29 is 18.3 Å². The van der Waals surface area contributed by atoms with Gasteiger partial charge in [-0.05, 0) is 18.2 Å². The molecule has 0 aliphatic rings. The standard InChI is InChI=1S/C9H12ClNO4S/c1-15-9-3-2-7(6-8(9)10)11-16(13,14)5-4-12/h2-3,6,11-12H,4-5H2,1H3. The van der Waals surface area contributed by atoms with Gasteiger partial charge in [-0.2, -0.15) is 0 Å². The van der Waals surface area contributed by atoms with Crippen molar-refractivity contribution in [2.24, 2.45) is 0 Å². The van der Waals surface area contributed by atoms with Crippen LogP contribution >= 0.6 is 11.6 Å². The molecule has 16 heavy (non-hydrogen) atoms. The van der Waals surface area contributed by atoms with Crippen molar-refractivity contribution in [3.63, 3.8) is 0 Å². The summed E-state index contributed by atoms with van der Waals surface area (Å²) in [6.45, 7) is -0.431. The zero-order chi connectivity index (χ0) is 12.2. The third-order valence-electron chi connectivity index (χ3n) is 1.79. The van der Waals surface area contributed by atoms with Crippen molar-refractivity contribution in [3.05, 3.63) is 23.2 Å². The van der Waals surface area contributed by atoms with E-state index in [2.05, 4.69) is 4.72 Å². The molecule has 1 aromatic carbocycles. The van der Waals surface area contributed by atoms with Crippen molar-refractivity contribution in [2.45, 2.75) is 0 Å². The smallest absolute Gasteiger partial charge is 0.234 e. The highest BCUT2D eigenvalue weighted by molar-refractivity contribution is 7.92. The van der Waals surface area contributed by atoms with Gasteiger partial charge in [-0.1, -0.05) is 11.6 Å². The number of benzene rings is 1. The van der Waals surface area contributed by atoms with E-state index in [0.717, 1.165) is 0 Å². The zero-order valence-corrected chi connectivity index (χ0v) is 10.2. The quantitative estimate of drug-likeness (QED) is 0.835. The van der Waals surface area contributed by atoms with Gasteiger partial charge in [0.15, 0.2) is 0 Å². The minimum atomic E-state index is -3.52.